The van der Waals surface area contributed by atoms with Crippen molar-refractivity contribution < 1.29 is 17.6 Å². The summed E-state index contributed by atoms with van der Waals surface area (Å²) in [5.41, 5.74) is 1.03. The molecule has 1 amide bonds. The monoisotopic (exact) mass is 401 g/mol. The lowest BCUT2D eigenvalue weighted by molar-refractivity contribution is 0.0787. The average molecular weight is 401 g/mol. The number of benzene rings is 1. The van der Waals surface area contributed by atoms with Crippen LogP contribution in [-0.4, -0.2) is 47.5 Å². The second-order valence-corrected chi connectivity index (χ2v) is 8.21. The van der Waals surface area contributed by atoms with E-state index in [9.17, 15) is 13.2 Å². The third-order valence-corrected chi connectivity index (χ3v) is 5.86. The molecule has 3 aromatic rings. The van der Waals surface area contributed by atoms with Crippen LogP contribution in [0, 0.1) is 6.92 Å². The van der Waals surface area contributed by atoms with Gasteiger partial charge in [-0.05, 0) is 31.0 Å². The van der Waals surface area contributed by atoms with Gasteiger partial charge in [0.2, 0.25) is 11.8 Å². The van der Waals surface area contributed by atoms with Crippen LogP contribution in [0.1, 0.15) is 29.2 Å². The van der Waals surface area contributed by atoms with Gasteiger partial charge in [-0.2, -0.15) is 0 Å². The number of nitrogens with one attached hydrogen (secondary N) is 2. The minimum absolute atomic E-state index is 0.0217. The van der Waals surface area contributed by atoms with E-state index in [1.54, 1.807) is 36.1 Å². The van der Waals surface area contributed by atoms with Crippen LogP contribution in [-0.2, 0) is 10.0 Å². The van der Waals surface area contributed by atoms with Gasteiger partial charge in [-0.25, -0.2) is 8.42 Å². The Morgan fingerprint density at radius 1 is 1.21 bits per heavy atom. The molecule has 0 unspecified atom stereocenters. The van der Waals surface area contributed by atoms with E-state index in [0.717, 1.165) is 12.8 Å². The SMILES string of the molecule is Cc1nnc(-c2ccccc2NS(=O)(=O)c2c[nH]c(C(=O)N3CCCC3)c2)o1. The first-order valence-corrected chi connectivity index (χ1v) is 10.3. The number of anilines is 1. The molecule has 0 bridgehead atoms. The quantitative estimate of drug-likeness (QED) is 0.677. The molecule has 0 aliphatic carbocycles. The van der Waals surface area contributed by atoms with E-state index < -0.39 is 10.0 Å². The van der Waals surface area contributed by atoms with Crippen molar-refractivity contribution in [2.75, 3.05) is 17.8 Å². The van der Waals surface area contributed by atoms with Crippen LogP contribution in [0.25, 0.3) is 11.5 Å². The third kappa shape index (κ3) is 3.50. The fourth-order valence-corrected chi connectivity index (χ4v) is 4.18. The van der Waals surface area contributed by atoms with Crippen molar-refractivity contribution in [1.82, 2.24) is 20.1 Å². The minimum atomic E-state index is -3.92. The van der Waals surface area contributed by atoms with Crippen LogP contribution in [0.15, 0.2) is 45.8 Å². The highest BCUT2D eigenvalue weighted by atomic mass is 32.2. The molecule has 9 nitrogen and oxygen atoms in total. The van der Waals surface area contributed by atoms with Crippen molar-refractivity contribution in [2.45, 2.75) is 24.7 Å². The first-order valence-electron chi connectivity index (χ1n) is 8.84. The van der Waals surface area contributed by atoms with E-state index in [1.165, 1.54) is 12.3 Å². The number of carbonyl (C=O) groups excluding carboxylic acids is 1. The number of rotatable bonds is 5. The maximum Gasteiger partial charge on any atom is 0.270 e. The first kappa shape index (κ1) is 18.2. The Morgan fingerprint density at radius 2 is 1.96 bits per heavy atom. The van der Waals surface area contributed by atoms with E-state index in [0.29, 0.717) is 30.2 Å². The number of sulfonamides is 1. The molecule has 2 N–H and O–H groups in total. The molecule has 3 heterocycles. The predicted molar refractivity (Wildman–Crippen MR) is 101 cm³/mol. The zero-order valence-corrected chi connectivity index (χ0v) is 16.0. The first-order chi connectivity index (χ1) is 13.4. The number of likely N-dealkylation sites (tertiary alicyclic amines) is 1. The van der Waals surface area contributed by atoms with Gasteiger partial charge < -0.3 is 14.3 Å². The van der Waals surface area contributed by atoms with Gasteiger partial charge in [0.1, 0.15) is 10.6 Å². The molecular formula is C18H19N5O4S. The van der Waals surface area contributed by atoms with Crippen LogP contribution in [0.2, 0.25) is 0 Å². The van der Waals surface area contributed by atoms with E-state index in [4.69, 9.17) is 4.42 Å². The largest absolute Gasteiger partial charge is 0.421 e. The van der Waals surface area contributed by atoms with E-state index in [1.807, 2.05) is 0 Å². The van der Waals surface area contributed by atoms with Gasteiger partial charge >= 0.3 is 0 Å². The average Bonchev–Trinajstić information content (AvgIpc) is 3.43. The topological polar surface area (TPSA) is 121 Å². The standard InChI is InChI=1S/C18H19N5O4S/c1-12-20-21-17(27-12)14-6-2-3-7-15(14)22-28(25,26)13-10-16(19-11-13)18(24)23-8-4-5-9-23/h2-3,6-7,10-11,19,22H,4-5,8-9H2,1H3. The lowest BCUT2D eigenvalue weighted by atomic mass is 10.2. The number of carbonyl (C=O) groups is 1. The van der Waals surface area contributed by atoms with Crippen molar-refractivity contribution >= 4 is 21.6 Å². The molecule has 10 heteroatoms. The summed E-state index contributed by atoms with van der Waals surface area (Å²) in [5, 5.41) is 7.72. The number of hydrogen-bond donors (Lipinski definition) is 2. The van der Waals surface area contributed by atoms with Gasteiger partial charge in [-0.1, -0.05) is 12.1 Å². The Kier molecular flexibility index (Phi) is 4.63. The zero-order chi connectivity index (χ0) is 19.7. The summed E-state index contributed by atoms with van der Waals surface area (Å²) in [4.78, 5) is 16.9. The van der Waals surface area contributed by atoms with Gasteiger partial charge in [0.15, 0.2) is 0 Å². The molecule has 0 saturated carbocycles. The van der Waals surface area contributed by atoms with Crippen molar-refractivity contribution in [2.24, 2.45) is 0 Å². The Morgan fingerprint density at radius 3 is 2.68 bits per heavy atom. The maximum absolute atomic E-state index is 12.8. The highest BCUT2D eigenvalue weighted by Crippen LogP contribution is 2.29. The summed E-state index contributed by atoms with van der Waals surface area (Å²) in [6, 6.07) is 8.09. The number of amides is 1. The number of aromatic amines is 1. The summed E-state index contributed by atoms with van der Waals surface area (Å²) < 4.78 is 33.6. The number of para-hydroxylation sites is 1. The fourth-order valence-electron chi connectivity index (χ4n) is 3.11. The smallest absolute Gasteiger partial charge is 0.270 e. The molecule has 0 spiro atoms. The summed E-state index contributed by atoms with van der Waals surface area (Å²) >= 11 is 0. The Balaban J connectivity index is 1.60. The Bertz CT molecular complexity index is 1110. The Labute approximate surface area is 161 Å². The number of aromatic nitrogens is 3. The molecule has 146 valence electrons. The van der Waals surface area contributed by atoms with E-state index >= 15 is 0 Å². The Hall–Kier alpha value is -3.14. The zero-order valence-electron chi connectivity index (χ0n) is 15.2. The van der Waals surface area contributed by atoms with Gasteiger partial charge in [0, 0.05) is 26.2 Å². The fraction of sp³-hybridized carbons (Fsp3) is 0.278. The molecule has 1 fully saturated rings. The lowest BCUT2D eigenvalue weighted by Gasteiger charge is -2.13. The van der Waals surface area contributed by atoms with Crippen LogP contribution in [0.3, 0.4) is 0 Å². The van der Waals surface area contributed by atoms with E-state index in [2.05, 4.69) is 19.9 Å². The second kappa shape index (κ2) is 7.12. The highest BCUT2D eigenvalue weighted by molar-refractivity contribution is 7.92. The summed E-state index contributed by atoms with van der Waals surface area (Å²) in [6.45, 7) is 3.03. The molecule has 1 aliphatic rings. The van der Waals surface area contributed by atoms with E-state index in [-0.39, 0.29) is 22.4 Å². The van der Waals surface area contributed by atoms with Gasteiger partial charge in [0.05, 0.1) is 11.3 Å². The molecule has 1 aromatic carbocycles. The number of H-pyrrole nitrogens is 1. The normalized spacial score (nSPS) is 14.4. The molecule has 1 aliphatic heterocycles. The van der Waals surface area contributed by atoms with Gasteiger partial charge in [0.25, 0.3) is 15.9 Å². The third-order valence-electron chi connectivity index (χ3n) is 4.52. The number of nitrogens with zero attached hydrogens (tertiary/aromatic N) is 3. The van der Waals surface area contributed by atoms with Crippen molar-refractivity contribution in [3.8, 4) is 11.5 Å². The molecule has 28 heavy (non-hydrogen) atoms. The second-order valence-electron chi connectivity index (χ2n) is 6.53. The molecule has 1 saturated heterocycles. The van der Waals surface area contributed by atoms with Crippen LogP contribution < -0.4 is 4.72 Å². The van der Waals surface area contributed by atoms with Crippen molar-refractivity contribution in [3.63, 3.8) is 0 Å². The van der Waals surface area contributed by atoms with Crippen LogP contribution >= 0.6 is 0 Å². The highest BCUT2D eigenvalue weighted by Gasteiger charge is 2.24. The van der Waals surface area contributed by atoms with Gasteiger partial charge in [-0.3, -0.25) is 9.52 Å². The minimum Gasteiger partial charge on any atom is -0.421 e. The predicted octanol–water partition coefficient (Wildman–Crippen LogP) is 2.41. The van der Waals surface area contributed by atoms with Crippen molar-refractivity contribution in [3.05, 3.63) is 48.1 Å². The summed E-state index contributed by atoms with van der Waals surface area (Å²) in [5.74, 6) is 0.402. The van der Waals surface area contributed by atoms with Crippen LogP contribution in [0.4, 0.5) is 5.69 Å². The lowest BCUT2D eigenvalue weighted by Crippen LogP contribution is -2.27. The summed E-state index contributed by atoms with van der Waals surface area (Å²) in [7, 11) is -3.92. The number of aryl methyl sites for hydroxylation is 1. The van der Waals surface area contributed by atoms with Crippen molar-refractivity contribution in [1.29, 1.82) is 0 Å². The van der Waals surface area contributed by atoms with Crippen LogP contribution in [0.5, 0.6) is 0 Å². The van der Waals surface area contributed by atoms with Gasteiger partial charge in [-0.15, -0.1) is 10.2 Å². The maximum atomic E-state index is 12.8. The molecule has 2 aromatic heterocycles. The molecule has 0 radical (unpaired) electrons. The molecule has 0 atom stereocenters. The number of hydrogen-bond acceptors (Lipinski definition) is 6. The molecular weight excluding hydrogens is 382 g/mol. The summed E-state index contributed by atoms with van der Waals surface area (Å²) in [6.07, 6.45) is 3.24. The molecule has 4 rings (SSSR count).